The van der Waals surface area contributed by atoms with E-state index >= 15 is 0 Å². The lowest BCUT2D eigenvalue weighted by atomic mass is 9.82. The molecule has 0 heterocycles. The van der Waals surface area contributed by atoms with Crippen LogP contribution < -0.4 is 9.47 Å². The summed E-state index contributed by atoms with van der Waals surface area (Å²) in [5.41, 5.74) is 14.5. The first-order valence-corrected chi connectivity index (χ1v) is 15.7. The first-order chi connectivity index (χ1) is 20.4. The molecular weight excluding hydrogens is 546 g/mol. The molecule has 7 nitrogen and oxygen atoms in total. The molecule has 0 radical (unpaired) electrons. The highest BCUT2D eigenvalue weighted by atomic mass is 32.2. The van der Waals surface area contributed by atoms with Crippen LogP contribution in [0.15, 0.2) is 71.8 Å². The van der Waals surface area contributed by atoms with Crippen LogP contribution in [0.3, 0.4) is 0 Å². The molecule has 0 aliphatic carbocycles. The van der Waals surface area contributed by atoms with Gasteiger partial charge in [-0.25, -0.2) is 0 Å². The molecule has 3 rings (SSSR count). The van der Waals surface area contributed by atoms with Gasteiger partial charge < -0.3 is 14.6 Å². The molecule has 8 heteroatoms. The molecule has 1 atom stereocenters. The maximum absolute atomic E-state index is 11.0. The third-order valence-electron chi connectivity index (χ3n) is 7.51. The summed E-state index contributed by atoms with van der Waals surface area (Å²) in [7, 11) is 3.39. The van der Waals surface area contributed by atoms with E-state index in [1.54, 1.807) is 14.2 Å². The van der Waals surface area contributed by atoms with Crippen LogP contribution >= 0.6 is 11.8 Å². The van der Waals surface area contributed by atoms with Gasteiger partial charge in [-0.15, -0.1) is 11.8 Å². The molecule has 224 valence electrons. The topological polar surface area (TPSA) is 105 Å². The predicted molar refractivity (Wildman–Crippen MR) is 172 cm³/mol. The van der Waals surface area contributed by atoms with Crippen molar-refractivity contribution in [2.24, 2.45) is 5.11 Å². The summed E-state index contributed by atoms with van der Waals surface area (Å²) in [5.74, 6) is 1.88. The van der Waals surface area contributed by atoms with E-state index in [-0.39, 0.29) is 6.42 Å². The van der Waals surface area contributed by atoms with E-state index in [0.717, 1.165) is 67.8 Å². The van der Waals surface area contributed by atoms with Gasteiger partial charge in [-0.1, -0.05) is 78.5 Å². The predicted octanol–water partition coefficient (Wildman–Crippen LogP) is 9.10. The molecular formula is C34H43N3O4S. The van der Waals surface area contributed by atoms with Crippen LogP contribution in [0.2, 0.25) is 0 Å². The molecule has 3 aromatic carbocycles. The van der Waals surface area contributed by atoms with E-state index in [2.05, 4.69) is 71.5 Å². The highest BCUT2D eigenvalue weighted by Crippen LogP contribution is 2.50. The minimum Gasteiger partial charge on any atom is -0.497 e. The van der Waals surface area contributed by atoms with Crippen LogP contribution in [-0.4, -0.2) is 37.6 Å². The van der Waals surface area contributed by atoms with Crippen LogP contribution in [0, 0.1) is 6.92 Å². The molecule has 0 aliphatic rings. The number of thioether (sulfide) groups is 1. The molecule has 1 N–H and O–H groups in total. The van der Waals surface area contributed by atoms with Gasteiger partial charge in [-0.3, -0.25) is 4.79 Å². The fourth-order valence-corrected chi connectivity index (χ4v) is 6.79. The maximum atomic E-state index is 11.0. The van der Waals surface area contributed by atoms with Crippen molar-refractivity contribution in [1.29, 1.82) is 0 Å². The number of benzene rings is 3. The number of carboxylic acid groups (broad SMARTS) is 1. The lowest BCUT2D eigenvalue weighted by Gasteiger charge is -2.36. The first-order valence-electron chi connectivity index (χ1n) is 14.7. The Morgan fingerprint density at radius 1 is 0.857 bits per heavy atom. The maximum Gasteiger partial charge on any atom is 0.303 e. The second-order valence-electron chi connectivity index (χ2n) is 10.5. The van der Waals surface area contributed by atoms with Crippen molar-refractivity contribution in [1.82, 2.24) is 0 Å². The standard InChI is InChI=1S/C34H43N3O4S/c1-26-13-15-28(16-14-26)34(29-17-20-31(40-2)21-18-29,42-24-10-5-4-9-23-36-37-35)30-19-22-32(41-3)27(25-30)11-7-6-8-12-33(38)39/h13-22,25H,4-12,23-24H2,1-3H3,(H,38,39). The summed E-state index contributed by atoms with van der Waals surface area (Å²) in [5, 5.41) is 12.7. The number of hydrogen-bond donors (Lipinski definition) is 1. The highest BCUT2D eigenvalue weighted by molar-refractivity contribution is 8.00. The van der Waals surface area contributed by atoms with Gasteiger partial charge in [-0.2, -0.15) is 0 Å². The van der Waals surface area contributed by atoms with E-state index in [1.807, 2.05) is 23.9 Å². The number of nitrogens with zero attached hydrogens (tertiary/aromatic N) is 3. The van der Waals surface area contributed by atoms with Crippen LogP contribution in [0.5, 0.6) is 11.5 Å². The minimum atomic E-state index is -0.746. The quantitative estimate of drug-likeness (QED) is 0.0494. The van der Waals surface area contributed by atoms with E-state index in [1.165, 1.54) is 22.3 Å². The van der Waals surface area contributed by atoms with Crippen molar-refractivity contribution in [3.8, 4) is 11.5 Å². The van der Waals surface area contributed by atoms with Gasteiger partial charge in [0.1, 0.15) is 11.5 Å². The van der Waals surface area contributed by atoms with Crippen LogP contribution in [0.4, 0.5) is 0 Å². The van der Waals surface area contributed by atoms with Crippen molar-refractivity contribution in [3.63, 3.8) is 0 Å². The second-order valence-corrected chi connectivity index (χ2v) is 11.8. The van der Waals surface area contributed by atoms with Gasteiger partial charge in [0.15, 0.2) is 0 Å². The number of azide groups is 1. The van der Waals surface area contributed by atoms with Crippen LogP contribution in [0.1, 0.15) is 79.2 Å². The lowest BCUT2D eigenvalue weighted by molar-refractivity contribution is -0.137. The summed E-state index contributed by atoms with van der Waals surface area (Å²) in [6.07, 6.45) is 7.52. The Balaban J connectivity index is 2.02. The molecule has 42 heavy (non-hydrogen) atoms. The van der Waals surface area contributed by atoms with Crippen LogP contribution in [-0.2, 0) is 16.0 Å². The summed E-state index contributed by atoms with van der Waals surface area (Å²) in [4.78, 5) is 13.8. The molecule has 3 aromatic rings. The third kappa shape index (κ3) is 9.20. The molecule has 0 aliphatic heterocycles. The zero-order chi connectivity index (χ0) is 30.2. The molecule has 0 amide bonds. The average Bonchev–Trinajstić information content (AvgIpc) is 3.01. The zero-order valence-electron chi connectivity index (χ0n) is 25.1. The number of ether oxygens (including phenoxy) is 2. The number of carboxylic acids is 1. The lowest BCUT2D eigenvalue weighted by Crippen LogP contribution is -2.26. The Kier molecular flexibility index (Phi) is 13.6. The van der Waals surface area contributed by atoms with Gasteiger partial charge in [0.2, 0.25) is 0 Å². The van der Waals surface area contributed by atoms with Crippen molar-refractivity contribution < 1.29 is 19.4 Å². The Labute approximate surface area is 254 Å². The highest BCUT2D eigenvalue weighted by Gasteiger charge is 2.37. The fourth-order valence-electron chi connectivity index (χ4n) is 5.23. The second kappa shape index (κ2) is 17.4. The molecule has 0 spiro atoms. The molecule has 0 fully saturated rings. The van der Waals surface area contributed by atoms with Gasteiger partial charge in [0.05, 0.1) is 19.0 Å². The number of aliphatic carboxylic acids is 1. The Morgan fingerprint density at radius 3 is 2.14 bits per heavy atom. The van der Waals surface area contributed by atoms with E-state index < -0.39 is 10.7 Å². The van der Waals surface area contributed by atoms with Crippen molar-refractivity contribution in [3.05, 3.63) is 105 Å². The third-order valence-corrected chi connectivity index (χ3v) is 9.15. The van der Waals surface area contributed by atoms with E-state index in [9.17, 15) is 4.79 Å². The van der Waals surface area contributed by atoms with E-state index in [0.29, 0.717) is 13.0 Å². The SMILES string of the molecule is COc1ccc(C(SCCCCCCN=[N+]=[N-])(c2ccc(C)cc2)c2ccc(OC)c(CCCCCC(=O)O)c2)cc1. The van der Waals surface area contributed by atoms with Crippen LogP contribution in [0.25, 0.3) is 10.4 Å². The van der Waals surface area contributed by atoms with Gasteiger partial charge in [0.25, 0.3) is 0 Å². The number of unbranched alkanes of at least 4 members (excludes halogenated alkanes) is 5. The average molecular weight is 590 g/mol. The van der Waals surface area contributed by atoms with Gasteiger partial charge >= 0.3 is 5.97 Å². The number of aryl methyl sites for hydroxylation is 2. The Bertz CT molecular complexity index is 1310. The number of methoxy groups -OCH3 is 2. The monoisotopic (exact) mass is 589 g/mol. The summed E-state index contributed by atoms with van der Waals surface area (Å²) in [6.45, 7) is 2.66. The normalized spacial score (nSPS) is 12.3. The van der Waals surface area contributed by atoms with Gasteiger partial charge in [-0.05, 0) is 90.8 Å². The minimum absolute atomic E-state index is 0.202. The molecule has 0 bridgehead atoms. The zero-order valence-corrected chi connectivity index (χ0v) is 25.9. The largest absolute Gasteiger partial charge is 0.497 e. The van der Waals surface area contributed by atoms with Crippen molar-refractivity contribution in [2.45, 2.75) is 69.5 Å². The Morgan fingerprint density at radius 2 is 1.50 bits per heavy atom. The van der Waals surface area contributed by atoms with E-state index in [4.69, 9.17) is 20.1 Å². The number of rotatable bonds is 19. The molecule has 0 saturated carbocycles. The Hall–Kier alpha value is -3.61. The summed E-state index contributed by atoms with van der Waals surface area (Å²) in [6, 6.07) is 23.8. The smallest absolute Gasteiger partial charge is 0.303 e. The molecule has 0 saturated heterocycles. The number of hydrogen-bond acceptors (Lipinski definition) is 5. The summed E-state index contributed by atoms with van der Waals surface area (Å²) < 4.78 is 10.8. The molecule has 1 unspecified atom stereocenters. The van der Waals surface area contributed by atoms with Crippen molar-refractivity contribution >= 4 is 17.7 Å². The fraction of sp³-hybridized carbons (Fsp3) is 0.441. The first kappa shape index (κ1) is 32.9. The van der Waals surface area contributed by atoms with Crippen molar-refractivity contribution in [2.75, 3.05) is 26.5 Å². The summed E-state index contributed by atoms with van der Waals surface area (Å²) >= 11 is 1.94. The number of carbonyl (C=O) groups is 1. The molecule has 0 aromatic heterocycles. The van der Waals surface area contributed by atoms with Gasteiger partial charge in [0, 0.05) is 17.9 Å².